The molecule has 2 nitrogen and oxygen atoms in total. The van der Waals surface area contributed by atoms with Crippen LogP contribution in [0, 0.1) is 0 Å². The molecule has 0 radical (unpaired) electrons. The van der Waals surface area contributed by atoms with Gasteiger partial charge in [-0.1, -0.05) is 6.92 Å². The maximum atomic E-state index is 12.1. The molecule has 0 unspecified atom stereocenters. The van der Waals surface area contributed by atoms with E-state index in [1.165, 1.54) is 13.8 Å². The number of Topliss-reactive ketones (excluding diaryl/α,β-unsaturated/α-hetero) is 1. The highest BCUT2D eigenvalue weighted by atomic mass is 19.4. The lowest BCUT2D eigenvalue weighted by atomic mass is 10.1. The van der Waals surface area contributed by atoms with Gasteiger partial charge in [0, 0.05) is 5.57 Å². The average Bonchev–Trinajstić information content (AvgIpc) is 2.01. The van der Waals surface area contributed by atoms with Gasteiger partial charge in [-0.15, -0.1) is 0 Å². The van der Waals surface area contributed by atoms with Crippen molar-refractivity contribution in [1.82, 2.24) is 0 Å². The molecule has 0 amide bonds. The zero-order chi connectivity index (χ0) is 12.2. The van der Waals surface area contributed by atoms with Crippen molar-refractivity contribution in [3.63, 3.8) is 0 Å². The van der Waals surface area contributed by atoms with E-state index in [1.807, 2.05) is 0 Å². The molecule has 0 N–H and O–H groups in total. The predicted octanol–water partition coefficient (Wildman–Crippen LogP) is 3.23. The van der Waals surface area contributed by atoms with E-state index in [9.17, 15) is 18.0 Å². The quantitative estimate of drug-likeness (QED) is 0.541. The lowest BCUT2D eigenvalue weighted by Crippen LogP contribution is -2.25. The van der Waals surface area contributed by atoms with E-state index >= 15 is 0 Å². The zero-order valence-electron chi connectivity index (χ0n) is 9.23. The van der Waals surface area contributed by atoms with Crippen molar-refractivity contribution >= 4 is 5.78 Å². The van der Waals surface area contributed by atoms with E-state index in [2.05, 4.69) is 0 Å². The lowest BCUT2D eigenvalue weighted by Gasteiger charge is -2.15. The lowest BCUT2D eigenvalue weighted by molar-refractivity contribution is -0.167. The summed E-state index contributed by atoms with van der Waals surface area (Å²) < 4.78 is 41.5. The number of hydrogen-bond acceptors (Lipinski definition) is 2. The molecule has 0 aromatic rings. The maximum absolute atomic E-state index is 12.1. The predicted molar refractivity (Wildman–Crippen MR) is 50.3 cm³/mol. The second-order valence-corrected chi connectivity index (χ2v) is 3.38. The summed E-state index contributed by atoms with van der Waals surface area (Å²) in [6.07, 6.45) is -5.06. The fourth-order valence-corrected chi connectivity index (χ4v) is 1.17. The second-order valence-electron chi connectivity index (χ2n) is 3.38. The highest BCUT2D eigenvalue weighted by Crippen LogP contribution is 2.25. The van der Waals surface area contributed by atoms with Gasteiger partial charge in [0.25, 0.3) is 5.78 Å². The van der Waals surface area contributed by atoms with Crippen molar-refractivity contribution in [3.05, 3.63) is 11.3 Å². The summed E-state index contributed by atoms with van der Waals surface area (Å²) in [5.41, 5.74) is -0.309. The highest BCUT2D eigenvalue weighted by Gasteiger charge is 2.41. The van der Waals surface area contributed by atoms with Gasteiger partial charge >= 0.3 is 6.18 Å². The molecule has 0 spiro atoms. The van der Waals surface area contributed by atoms with Gasteiger partial charge in [-0.2, -0.15) is 13.2 Å². The Hall–Kier alpha value is -1.00. The molecular formula is C10H15F3O2. The molecule has 0 aliphatic heterocycles. The Labute approximate surface area is 87.1 Å². The third kappa shape index (κ3) is 4.36. The number of alkyl halides is 3. The molecule has 0 aliphatic carbocycles. The van der Waals surface area contributed by atoms with Crippen LogP contribution in [0.25, 0.3) is 0 Å². The summed E-state index contributed by atoms with van der Waals surface area (Å²) in [5, 5.41) is 0. The van der Waals surface area contributed by atoms with E-state index < -0.39 is 12.0 Å². The molecule has 88 valence electrons. The van der Waals surface area contributed by atoms with E-state index in [0.717, 1.165) is 0 Å². The Kier molecular flexibility index (Phi) is 4.84. The van der Waals surface area contributed by atoms with Gasteiger partial charge in [0.2, 0.25) is 0 Å². The first-order valence-electron chi connectivity index (χ1n) is 4.68. The molecular weight excluding hydrogens is 209 g/mol. The van der Waals surface area contributed by atoms with Crippen molar-refractivity contribution in [1.29, 1.82) is 0 Å². The topological polar surface area (TPSA) is 26.3 Å². The Morgan fingerprint density at radius 3 is 2.07 bits per heavy atom. The van der Waals surface area contributed by atoms with E-state index in [0.29, 0.717) is 0 Å². The minimum atomic E-state index is -4.83. The number of allylic oxidation sites excluding steroid dienone is 2. The number of rotatable bonds is 4. The molecule has 0 bridgehead atoms. The summed E-state index contributed by atoms with van der Waals surface area (Å²) in [4.78, 5) is 11.0. The maximum Gasteiger partial charge on any atom is 0.454 e. The fraction of sp³-hybridized carbons (Fsp3) is 0.700. The van der Waals surface area contributed by atoms with E-state index in [-0.39, 0.29) is 23.9 Å². The van der Waals surface area contributed by atoms with E-state index in [1.54, 1.807) is 13.8 Å². The molecule has 0 saturated carbocycles. The Morgan fingerprint density at radius 1 is 1.33 bits per heavy atom. The Balaban J connectivity index is 4.97. The highest BCUT2D eigenvalue weighted by molar-refractivity contribution is 5.99. The van der Waals surface area contributed by atoms with Crippen LogP contribution >= 0.6 is 0 Å². The number of carbonyl (C=O) groups excluding carboxylic acids is 1. The number of ketones is 1. The second kappa shape index (κ2) is 5.19. The van der Waals surface area contributed by atoms with Gasteiger partial charge in [0.05, 0.1) is 6.10 Å². The first-order chi connectivity index (χ1) is 6.70. The van der Waals surface area contributed by atoms with Crippen LogP contribution in [0.15, 0.2) is 11.3 Å². The third-order valence-electron chi connectivity index (χ3n) is 1.72. The van der Waals surface area contributed by atoms with E-state index in [4.69, 9.17) is 4.74 Å². The Morgan fingerprint density at radius 2 is 1.80 bits per heavy atom. The van der Waals surface area contributed by atoms with Crippen LogP contribution in [0.5, 0.6) is 0 Å². The number of hydrogen-bond donors (Lipinski definition) is 0. The molecule has 0 rings (SSSR count). The van der Waals surface area contributed by atoms with Crippen molar-refractivity contribution in [2.75, 3.05) is 0 Å². The van der Waals surface area contributed by atoms with Crippen molar-refractivity contribution < 1.29 is 22.7 Å². The van der Waals surface area contributed by atoms with Crippen LogP contribution in [0.1, 0.15) is 34.1 Å². The molecule has 15 heavy (non-hydrogen) atoms. The number of ether oxygens (including phenoxy) is 1. The molecule has 0 fully saturated rings. The first-order valence-corrected chi connectivity index (χ1v) is 4.68. The van der Waals surface area contributed by atoms with Crippen molar-refractivity contribution in [2.45, 2.75) is 46.4 Å². The Bertz CT molecular complexity index is 264. The van der Waals surface area contributed by atoms with Crippen LogP contribution in [-0.2, 0) is 9.53 Å². The third-order valence-corrected chi connectivity index (χ3v) is 1.72. The SMILES string of the molecule is CC/C(C(=O)C(F)(F)F)=C(\C)OC(C)C. The normalized spacial score (nSPS) is 13.9. The minimum absolute atomic E-state index is 0.0108. The monoisotopic (exact) mass is 224 g/mol. The molecule has 0 atom stereocenters. The van der Waals surface area contributed by atoms with Crippen LogP contribution in [0.2, 0.25) is 0 Å². The summed E-state index contributed by atoms with van der Waals surface area (Å²) in [6, 6.07) is 0. The van der Waals surface area contributed by atoms with Gasteiger partial charge in [-0.3, -0.25) is 4.79 Å². The average molecular weight is 224 g/mol. The molecule has 0 saturated heterocycles. The van der Waals surface area contributed by atoms with Crippen molar-refractivity contribution in [2.24, 2.45) is 0 Å². The fourth-order valence-electron chi connectivity index (χ4n) is 1.17. The van der Waals surface area contributed by atoms with Gasteiger partial charge in [0.1, 0.15) is 5.76 Å². The first kappa shape index (κ1) is 14.0. The van der Waals surface area contributed by atoms with Crippen LogP contribution in [-0.4, -0.2) is 18.1 Å². The summed E-state index contributed by atoms with van der Waals surface area (Å²) >= 11 is 0. The largest absolute Gasteiger partial charge is 0.495 e. The molecule has 5 heteroatoms. The standard InChI is InChI=1S/C10H15F3O2/c1-5-8(7(4)15-6(2)3)9(14)10(11,12)13/h6H,5H2,1-4H3/b8-7-. The van der Waals surface area contributed by atoms with Crippen molar-refractivity contribution in [3.8, 4) is 0 Å². The van der Waals surface area contributed by atoms with Gasteiger partial charge in [-0.25, -0.2) is 0 Å². The molecule has 0 aromatic carbocycles. The zero-order valence-corrected chi connectivity index (χ0v) is 9.23. The summed E-state index contributed by atoms with van der Waals surface area (Å²) in [7, 11) is 0. The van der Waals surface area contributed by atoms with Crippen LogP contribution in [0.3, 0.4) is 0 Å². The van der Waals surface area contributed by atoms with Gasteiger partial charge in [-0.05, 0) is 27.2 Å². The van der Waals surface area contributed by atoms with Gasteiger partial charge < -0.3 is 4.74 Å². The molecule has 0 aromatic heterocycles. The molecule has 0 heterocycles. The molecule has 0 aliphatic rings. The van der Waals surface area contributed by atoms with Crippen LogP contribution in [0.4, 0.5) is 13.2 Å². The minimum Gasteiger partial charge on any atom is -0.495 e. The smallest absolute Gasteiger partial charge is 0.454 e. The van der Waals surface area contributed by atoms with Crippen LogP contribution < -0.4 is 0 Å². The van der Waals surface area contributed by atoms with Gasteiger partial charge in [0.15, 0.2) is 0 Å². The number of halogens is 3. The number of carbonyl (C=O) groups is 1. The summed E-state index contributed by atoms with van der Waals surface area (Å²) in [6.45, 7) is 6.25. The summed E-state index contributed by atoms with van der Waals surface area (Å²) in [5.74, 6) is -1.77.